The van der Waals surface area contributed by atoms with E-state index in [0.29, 0.717) is 5.56 Å². The maximum absolute atomic E-state index is 9.00. The Bertz CT molecular complexity index is 207. The lowest BCUT2D eigenvalue weighted by atomic mass is 9.62. The topological polar surface area (TPSA) is 33.1 Å². The van der Waals surface area contributed by atoms with E-state index in [9.17, 15) is 0 Å². The quantitative estimate of drug-likeness (QED) is 0.519. The highest BCUT2D eigenvalue weighted by atomic mass is 16.3. The van der Waals surface area contributed by atoms with Crippen molar-refractivity contribution in [2.24, 2.45) is 0 Å². The minimum Gasteiger partial charge on any atom is -0.405 e. The van der Waals surface area contributed by atoms with Gasteiger partial charge in [0.2, 0.25) is 0 Å². The van der Waals surface area contributed by atoms with Gasteiger partial charge in [-0.3, -0.25) is 4.98 Å². The van der Waals surface area contributed by atoms with Gasteiger partial charge in [0.25, 0.3) is 0 Å². The van der Waals surface area contributed by atoms with Crippen molar-refractivity contribution >= 4 is 15.7 Å². The molecule has 0 saturated heterocycles. The summed E-state index contributed by atoms with van der Waals surface area (Å²) in [5, 5.41) is 7.23. The lowest BCUT2D eigenvalue weighted by Gasteiger charge is -2.17. The van der Waals surface area contributed by atoms with Crippen LogP contribution in [0.4, 0.5) is 0 Å². The summed E-state index contributed by atoms with van der Waals surface area (Å²) in [7, 11) is 10.3. The average Bonchev–Trinajstić information content (AvgIpc) is 1.88. The monoisotopic (exact) mass is 129 g/mol. The molecule has 0 unspecified atom stereocenters. The molecular formula is C6H5B2NO. The molecule has 0 aliphatic carbocycles. The average molecular weight is 129 g/mol. The van der Waals surface area contributed by atoms with Gasteiger partial charge in [-0.15, -0.1) is 0 Å². The van der Waals surface area contributed by atoms with Crippen molar-refractivity contribution in [3.63, 3.8) is 0 Å². The highest BCUT2D eigenvalue weighted by Crippen LogP contribution is 2.09. The highest BCUT2D eigenvalue weighted by molar-refractivity contribution is 6.38. The van der Waals surface area contributed by atoms with Crippen LogP contribution in [0, 0.1) is 0 Å². The van der Waals surface area contributed by atoms with Crippen molar-refractivity contribution in [1.82, 2.24) is 4.98 Å². The second-order valence-corrected chi connectivity index (χ2v) is 2.07. The molecule has 2 nitrogen and oxygen atoms in total. The molecule has 1 aromatic rings. The van der Waals surface area contributed by atoms with Crippen LogP contribution in [0.2, 0.25) is 0 Å². The molecule has 0 amide bonds. The smallest absolute Gasteiger partial charge is 0.105 e. The third kappa shape index (κ3) is 1.61. The Labute approximate surface area is 62.1 Å². The number of aromatic nitrogens is 1. The van der Waals surface area contributed by atoms with Gasteiger partial charge in [-0.2, -0.15) is 0 Å². The number of hydrogen-bond acceptors (Lipinski definition) is 2. The van der Waals surface area contributed by atoms with E-state index in [2.05, 4.69) is 4.98 Å². The van der Waals surface area contributed by atoms with Crippen LogP contribution in [0.25, 0.3) is 0 Å². The van der Waals surface area contributed by atoms with Crippen molar-refractivity contribution in [2.45, 2.75) is 5.40 Å². The molecule has 1 rings (SSSR count). The molecule has 0 aliphatic rings. The molecule has 0 saturated carbocycles. The van der Waals surface area contributed by atoms with E-state index in [1.165, 1.54) is 6.20 Å². The van der Waals surface area contributed by atoms with Crippen LogP contribution in [-0.2, 0) is 5.40 Å². The van der Waals surface area contributed by atoms with Gasteiger partial charge in [0.1, 0.15) is 15.7 Å². The van der Waals surface area contributed by atoms with E-state index in [0.717, 1.165) is 0 Å². The molecule has 0 fully saturated rings. The molecule has 10 heavy (non-hydrogen) atoms. The SMILES string of the molecule is [B]C([B])(O)c1cccnc1. The largest absolute Gasteiger partial charge is 0.405 e. The van der Waals surface area contributed by atoms with Crippen LogP contribution >= 0.6 is 0 Å². The molecule has 0 aliphatic heterocycles. The van der Waals surface area contributed by atoms with E-state index < -0.39 is 5.40 Å². The Balaban J connectivity index is 2.97. The lowest BCUT2D eigenvalue weighted by Crippen LogP contribution is -2.25. The summed E-state index contributed by atoms with van der Waals surface area (Å²) in [6, 6.07) is 3.26. The molecule has 1 aromatic heterocycles. The molecule has 4 heteroatoms. The Morgan fingerprint density at radius 3 is 2.50 bits per heavy atom. The van der Waals surface area contributed by atoms with Crippen LogP contribution in [-0.4, -0.2) is 25.8 Å². The maximum Gasteiger partial charge on any atom is 0.105 e. The van der Waals surface area contributed by atoms with E-state index in [-0.39, 0.29) is 0 Å². The first-order chi connectivity index (χ1) is 4.61. The normalized spacial score (nSPS) is 11.3. The van der Waals surface area contributed by atoms with Gasteiger partial charge in [-0.25, -0.2) is 0 Å². The fourth-order valence-electron chi connectivity index (χ4n) is 0.600. The number of nitrogens with zero attached hydrogens (tertiary/aromatic N) is 1. The van der Waals surface area contributed by atoms with Crippen LogP contribution < -0.4 is 0 Å². The van der Waals surface area contributed by atoms with Crippen molar-refractivity contribution < 1.29 is 5.11 Å². The van der Waals surface area contributed by atoms with Crippen LogP contribution in [0.1, 0.15) is 5.56 Å². The molecule has 1 heterocycles. The first-order valence-corrected chi connectivity index (χ1v) is 2.81. The maximum atomic E-state index is 9.00. The highest BCUT2D eigenvalue weighted by Gasteiger charge is 2.13. The summed E-state index contributed by atoms with van der Waals surface area (Å²) in [4.78, 5) is 3.73. The first-order valence-electron chi connectivity index (χ1n) is 2.81. The van der Waals surface area contributed by atoms with Crippen molar-refractivity contribution in [3.05, 3.63) is 30.1 Å². The Hall–Kier alpha value is -0.760. The zero-order chi connectivity index (χ0) is 7.61. The minimum atomic E-state index is -1.77. The Morgan fingerprint density at radius 1 is 1.50 bits per heavy atom. The van der Waals surface area contributed by atoms with Crippen LogP contribution in [0.3, 0.4) is 0 Å². The molecule has 0 atom stereocenters. The molecule has 1 N–H and O–H groups in total. The van der Waals surface area contributed by atoms with Crippen molar-refractivity contribution in [3.8, 4) is 0 Å². The fraction of sp³-hybridized carbons (Fsp3) is 0.167. The molecule has 0 spiro atoms. The first kappa shape index (κ1) is 7.35. The van der Waals surface area contributed by atoms with Crippen molar-refractivity contribution in [1.29, 1.82) is 0 Å². The molecule has 0 bridgehead atoms. The summed E-state index contributed by atoms with van der Waals surface area (Å²) >= 11 is 0. The summed E-state index contributed by atoms with van der Waals surface area (Å²) < 4.78 is 0. The summed E-state index contributed by atoms with van der Waals surface area (Å²) in [6.45, 7) is 0. The number of pyridine rings is 1. The molecule has 0 aromatic carbocycles. The predicted molar refractivity (Wildman–Crippen MR) is 39.6 cm³/mol. The molecular weight excluding hydrogens is 124 g/mol. The fourth-order valence-corrected chi connectivity index (χ4v) is 0.600. The molecule has 4 radical (unpaired) electrons. The van der Waals surface area contributed by atoms with Gasteiger partial charge in [0.05, 0.1) is 0 Å². The molecule has 46 valence electrons. The van der Waals surface area contributed by atoms with E-state index >= 15 is 0 Å². The number of aliphatic hydroxyl groups is 1. The summed E-state index contributed by atoms with van der Waals surface area (Å²) in [5.41, 5.74) is 0.398. The minimum absolute atomic E-state index is 0.398. The lowest BCUT2D eigenvalue weighted by molar-refractivity contribution is 0.216. The van der Waals surface area contributed by atoms with Crippen molar-refractivity contribution in [2.75, 3.05) is 0 Å². The van der Waals surface area contributed by atoms with Gasteiger partial charge >= 0.3 is 0 Å². The Morgan fingerprint density at radius 2 is 2.20 bits per heavy atom. The summed E-state index contributed by atoms with van der Waals surface area (Å²) in [5.74, 6) is 0. The van der Waals surface area contributed by atoms with E-state index in [4.69, 9.17) is 20.8 Å². The number of hydrogen-bond donors (Lipinski definition) is 1. The third-order valence-electron chi connectivity index (χ3n) is 1.12. The summed E-state index contributed by atoms with van der Waals surface area (Å²) in [6.07, 6.45) is 3.00. The van der Waals surface area contributed by atoms with Gasteiger partial charge in [-0.05, 0) is 11.6 Å². The Kier molecular flexibility index (Phi) is 1.81. The van der Waals surface area contributed by atoms with Gasteiger partial charge in [0, 0.05) is 17.8 Å². The van der Waals surface area contributed by atoms with Gasteiger partial charge in [-0.1, -0.05) is 6.07 Å². The third-order valence-corrected chi connectivity index (χ3v) is 1.12. The predicted octanol–water partition coefficient (Wildman–Crippen LogP) is -0.479. The zero-order valence-corrected chi connectivity index (χ0v) is 5.36. The zero-order valence-electron chi connectivity index (χ0n) is 5.36. The van der Waals surface area contributed by atoms with Crippen LogP contribution in [0.15, 0.2) is 24.5 Å². The van der Waals surface area contributed by atoms with E-state index in [1.54, 1.807) is 18.3 Å². The van der Waals surface area contributed by atoms with Crippen LogP contribution in [0.5, 0.6) is 0 Å². The second-order valence-electron chi connectivity index (χ2n) is 2.07. The second kappa shape index (κ2) is 2.46. The van der Waals surface area contributed by atoms with Gasteiger partial charge < -0.3 is 5.11 Å². The number of rotatable bonds is 1. The standard InChI is InChI=1S/C6H5B2NO/c7-6(8,10)5-2-1-3-9-4-5/h1-4,10H. The van der Waals surface area contributed by atoms with E-state index in [1.807, 2.05) is 0 Å². The van der Waals surface area contributed by atoms with Gasteiger partial charge in [0.15, 0.2) is 0 Å².